The minimum absolute atomic E-state index is 0.525. The summed E-state index contributed by atoms with van der Waals surface area (Å²) in [6.45, 7) is 4.16. The number of anilines is 1. The van der Waals surface area contributed by atoms with E-state index < -0.39 is 0 Å². The maximum atomic E-state index is 5.46. The Kier molecular flexibility index (Phi) is 4.44. The van der Waals surface area contributed by atoms with Gasteiger partial charge in [-0.25, -0.2) is 0 Å². The van der Waals surface area contributed by atoms with Gasteiger partial charge in [0.25, 0.3) is 0 Å². The van der Waals surface area contributed by atoms with Gasteiger partial charge in [0.05, 0.1) is 0 Å². The van der Waals surface area contributed by atoms with Crippen LogP contribution < -0.4 is 15.4 Å². The summed E-state index contributed by atoms with van der Waals surface area (Å²) in [7, 11) is 0. The summed E-state index contributed by atoms with van der Waals surface area (Å²) < 4.78 is 5.46. The van der Waals surface area contributed by atoms with Crippen LogP contribution in [0.3, 0.4) is 0 Å². The van der Waals surface area contributed by atoms with Gasteiger partial charge in [-0.15, -0.1) is 0 Å². The van der Waals surface area contributed by atoms with Gasteiger partial charge in [0, 0.05) is 11.7 Å². The summed E-state index contributed by atoms with van der Waals surface area (Å²) in [6.07, 6.45) is 7.17. The molecule has 1 aromatic rings. The average molecular weight is 302 g/mol. The molecule has 0 radical (unpaired) electrons. The van der Waals surface area contributed by atoms with Crippen molar-refractivity contribution in [2.75, 3.05) is 11.9 Å². The van der Waals surface area contributed by atoms with Gasteiger partial charge in [0.1, 0.15) is 12.4 Å². The first-order valence-corrected chi connectivity index (χ1v) is 8.06. The van der Waals surface area contributed by atoms with Crippen molar-refractivity contribution in [3.05, 3.63) is 36.9 Å². The highest BCUT2D eigenvalue weighted by molar-refractivity contribution is 7.80. The lowest BCUT2D eigenvalue weighted by molar-refractivity contribution is 0.363. The molecule has 0 aliphatic heterocycles. The predicted molar refractivity (Wildman–Crippen MR) is 90.7 cm³/mol. The first-order chi connectivity index (χ1) is 10.2. The normalized spacial score (nSPS) is 26.4. The maximum absolute atomic E-state index is 5.46. The van der Waals surface area contributed by atoms with Gasteiger partial charge in [-0.2, -0.15) is 0 Å². The summed E-state index contributed by atoms with van der Waals surface area (Å²) in [5, 5.41) is 7.47. The van der Waals surface area contributed by atoms with E-state index in [1.165, 1.54) is 25.7 Å². The number of rotatable bonds is 5. The summed E-state index contributed by atoms with van der Waals surface area (Å²) in [6, 6.07) is 8.40. The Balaban J connectivity index is 1.49. The van der Waals surface area contributed by atoms with E-state index >= 15 is 0 Å². The van der Waals surface area contributed by atoms with Gasteiger partial charge in [-0.3, -0.25) is 0 Å². The number of hydrogen-bond acceptors (Lipinski definition) is 2. The number of hydrogen-bond donors (Lipinski definition) is 2. The zero-order chi connectivity index (χ0) is 14.7. The van der Waals surface area contributed by atoms with Crippen LogP contribution in [0.15, 0.2) is 36.9 Å². The Morgan fingerprint density at radius 3 is 2.71 bits per heavy atom. The van der Waals surface area contributed by atoms with E-state index in [1.54, 1.807) is 6.08 Å². The molecule has 3 rings (SSSR count). The Labute approximate surface area is 131 Å². The van der Waals surface area contributed by atoms with E-state index in [1.807, 2.05) is 24.3 Å². The van der Waals surface area contributed by atoms with Gasteiger partial charge < -0.3 is 15.4 Å². The molecule has 0 amide bonds. The third kappa shape index (κ3) is 3.56. The molecular weight excluding hydrogens is 280 g/mol. The summed E-state index contributed by atoms with van der Waals surface area (Å²) in [5.41, 5.74) is 0.988. The molecule has 3 atom stereocenters. The molecule has 2 aliphatic rings. The Bertz CT molecular complexity index is 514. The van der Waals surface area contributed by atoms with Crippen molar-refractivity contribution in [2.45, 2.75) is 31.7 Å². The molecule has 2 aliphatic carbocycles. The first-order valence-electron chi connectivity index (χ1n) is 7.66. The number of benzene rings is 1. The first kappa shape index (κ1) is 14.4. The average Bonchev–Trinajstić information content (AvgIpc) is 3.09. The second-order valence-electron chi connectivity index (χ2n) is 6.00. The van der Waals surface area contributed by atoms with E-state index in [0.29, 0.717) is 12.6 Å². The topological polar surface area (TPSA) is 33.3 Å². The van der Waals surface area contributed by atoms with E-state index in [2.05, 4.69) is 17.2 Å². The standard InChI is InChI=1S/C17H22N2OS/c1-2-9-20-15-7-5-14(6-8-15)18-17(21)19-16-11-12-3-4-13(16)10-12/h2,5-8,12-13,16H,1,3-4,9-11H2,(H2,18,19,21)/t12-,13-,16-/m1/s1. The molecule has 0 heterocycles. The van der Waals surface area contributed by atoms with Crippen LogP contribution in [0.4, 0.5) is 5.69 Å². The highest BCUT2D eigenvalue weighted by Gasteiger charge is 2.39. The van der Waals surface area contributed by atoms with Gasteiger partial charge in [-0.05, 0) is 67.6 Å². The molecule has 2 N–H and O–H groups in total. The van der Waals surface area contributed by atoms with Gasteiger partial charge in [0.2, 0.25) is 0 Å². The Morgan fingerprint density at radius 2 is 2.10 bits per heavy atom. The van der Waals surface area contributed by atoms with Crippen LogP contribution in [-0.2, 0) is 0 Å². The molecule has 3 nitrogen and oxygen atoms in total. The van der Waals surface area contributed by atoms with Gasteiger partial charge >= 0.3 is 0 Å². The van der Waals surface area contributed by atoms with Gasteiger partial charge in [-0.1, -0.05) is 19.1 Å². The molecule has 0 aromatic heterocycles. The lowest BCUT2D eigenvalue weighted by Gasteiger charge is -2.24. The third-order valence-corrected chi connectivity index (χ3v) is 4.75. The number of fused-ring (bicyclic) bond motifs is 2. The fraction of sp³-hybridized carbons (Fsp3) is 0.471. The molecule has 1 aromatic carbocycles. The lowest BCUT2D eigenvalue weighted by atomic mass is 9.96. The monoisotopic (exact) mass is 302 g/mol. The number of ether oxygens (including phenoxy) is 1. The molecule has 112 valence electrons. The molecule has 0 spiro atoms. The van der Waals surface area contributed by atoms with Crippen molar-refractivity contribution >= 4 is 23.0 Å². The Morgan fingerprint density at radius 1 is 1.29 bits per heavy atom. The van der Waals surface area contributed by atoms with E-state index in [4.69, 9.17) is 17.0 Å². The molecule has 21 heavy (non-hydrogen) atoms. The number of thiocarbonyl (C=S) groups is 1. The van der Waals surface area contributed by atoms with E-state index in [-0.39, 0.29) is 0 Å². The largest absolute Gasteiger partial charge is 0.490 e. The van der Waals surface area contributed by atoms with Crippen LogP contribution in [0.2, 0.25) is 0 Å². The van der Waals surface area contributed by atoms with Crippen LogP contribution in [0.25, 0.3) is 0 Å². The molecule has 0 saturated heterocycles. The SMILES string of the molecule is C=CCOc1ccc(NC(=S)N[C@@H]2C[C@@H]3CC[C@@H]2C3)cc1. The molecular formula is C17H22N2OS. The van der Waals surface area contributed by atoms with Crippen molar-refractivity contribution in [3.8, 4) is 5.75 Å². The van der Waals surface area contributed by atoms with Crippen molar-refractivity contribution in [2.24, 2.45) is 11.8 Å². The predicted octanol–water partition coefficient (Wildman–Crippen LogP) is 3.73. The summed E-state index contributed by atoms with van der Waals surface area (Å²) in [5.74, 6) is 2.59. The minimum atomic E-state index is 0.525. The zero-order valence-electron chi connectivity index (χ0n) is 12.2. The highest BCUT2D eigenvalue weighted by atomic mass is 32.1. The zero-order valence-corrected chi connectivity index (χ0v) is 13.0. The van der Waals surface area contributed by atoms with Crippen molar-refractivity contribution in [1.82, 2.24) is 5.32 Å². The summed E-state index contributed by atoms with van der Waals surface area (Å²) >= 11 is 5.42. The Hall–Kier alpha value is -1.55. The van der Waals surface area contributed by atoms with Gasteiger partial charge in [0.15, 0.2) is 5.11 Å². The van der Waals surface area contributed by atoms with Crippen LogP contribution >= 0.6 is 12.2 Å². The van der Waals surface area contributed by atoms with Crippen LogP contribution in [0.1, 0.15) is 25.7 Å². The van der Waals surface area contributed by atoms with Crippen LogP contribution in [-0.4, -0.2) is 17.8 Å². The quantitative estimate of drug-likeness (QED) is 0.641. The maximum Gasteiger partial charge on any atom is 0.171 e. The smallest absolute Gasteiger partial charge is 0.171 e. The highest BCUT2D eigenvalue weighted by Crippen LogP contribution is 2.44. The minimum Gasteiger partial charge on any atom is -0.490 e. The van der Waals surface area contributed by atoms with Crippen LogP contribution in [0.5, 0.6) is 5.75 Å². The van der Waals surface area contributed by atoms with Crippen molar-refractivity contribution in [1.29, 1.82) is 0 Å². The van der Waals surface area contributed by atoms with Crippen molar-refractivity contribution < 1.29 is 4.74 Å². The third-order valence-electron chi connectivity index (χ3n) is 4.53. The lowest BCUT2D eigenvalue weighted by Crippen LogP contribution is -2.40. The molecule has 2 fully saturated rings. The fourth-order valence-corrected chi connectivity index (χ4v) is 3.82. The number of nitrogens with one attached hydrogen (secondary N) is 2. The van der Waals surface area contributed by atoms with E-state index in [0.717, 1.165) is 28.4 Å². The van der Waals surface area contributed by atoms with Crippen LogP contribution in [0, 0.1) is 11.8 Å². The molecule has 2 saturated carbocycles. The molecule has 2 bridgehead atoms. The van der Waals surface area contributed by atoms with E-state index in [9.17, 15) is 0 Å². The second kappa shape index (κ2) is 6.48. The molecule has 0 unspecified atom stereocenters. The second-order valence-corrected chi connectivity index (χ2v) is 6.41. The van der Waals surface area contributed by atoms with Crippen molar-refractivity contribution in [3.63, 3.8) is 0 Å². The summed E-state index contributed by atoms with van der Waals surface area (Å²) in [4.78, 5) is 0. The fourth-order valence-electron chi connectivity index (χ4n) is 3.55. The molecule has 4 heteroatoms.